The zero-order valence-corrected chi connectivity index (χ0v) is 10.5. The molecular formula is C12H13FN2O2S. The number of rotatable bonds is 3. The van der Waals surface area contributed by atoms with Crippen LogP contribution in [0.3, 0.4) is 0 Å². The van der Waals surface area contributed by atoms with Gasteiger partial charge in [0.1, 0.15) is 5.82 Å². The first-order valence-corrected chi connectivity index (χ1v) is 6.62. The topological polar surface area (TPSA) is 43.4 Å². The van der Waals surface area contributed by atoms with E-state index in [2.05, 4.69) is 10.3 Å². The summed E-state index contributed by atoms with van der Waals surface area (Å²) in [7, 11) is 0. The third kappa shape index (κ3) is 2.60. The maximum absolute atomic E-state index is 13.0. The first kappa shape index (κ1) is 11.8. The minimum Gasteiger partial charge on any atom is -0.376 e. The van der Waals surface area contributed by atoms with Gasteiger partial charge in [-0.1, -0.05) is 11.3 Å². The molecule has 2 heterocycles. The number of nitrogens with zero attached hydrogens (tertiary/aromatic N) is 1. The Labute approximate surface area is 108 Å². The number of benzene rings is 1. The van der Waals surface area contributed by atoms with E-state index in [1.165, 1.54) is 23.5 Å². The third-order valence-electron chi connectivity index (χ3n) is 2.72. The molecule has 4 nitrogen and oxygen atoms in total. The van der Waals surface area contributed by atoms with E-state index in [0.717, 1.165) is 15.3 Å². The number of fused-ring (bicyclic) bond motifs is 1. The summed E-state index contributed by atoms with van der Waals surface area (Å²) in [4.78, 5) is 4.38. The number of ether oxygens (including phenoxy) is 2. The molecule has 1 aliphatic rings. The van der Waals surface area contributed by atoms with Gasteiger partial charge >= 0.3 is 0 Å². The number of hydrogen-bond acceptors (Lipinski definition) is 5. The van der Waals surface area contributed by atoms with Gasteiger partial charge in [-0.3, -0.25) is 0 Å². The van der Waals surface area contributed by atoms with E-state index >= 15 is 0 Å². The van der Waals surface area contributed by atoms with Crippen molar-refractivity contribution in [3.8, 4) is 0 Å². The smallest absolute Gasteiger partial charge is 0.183 e. The van der Waals surface area contributed by atoms with Crippen LogP contribution in [0, 0.1) is 5.82 Å². The lowest BCUT2D eigenvalue weighted by Gasteiger charge is -2.22. The van der Waals surface area contributed by atoms with E-state index in [1.54, 1.807) is 6.07 Å². The molecule has 1 fully saturated rings. The summed E-state index contributed by atoms with van der Waals surface area (Å²) >= 11 is 1.44. The molecule has 2 aromatic rings. The zero-order valence-electron chi connectivity index (χ0n) is 9.69. The SMILES string of the molecule is Fc1ccc2nc(NCC3COCCO3)sc2c1. The summed E-state index contributed by atoms with van der Waals surface area (Å²) in [6, 6.07) is 4.61. The van der Waals surface area contributed by atoms with Gasteiger partial charge < -0.3 is 14.8 Å². The second-order valence-corrected chi connectivity index (χ2v) is 5.11. The van der Waals surface area contributed by atoms with Crippen LogP contribution in [0.1, 0.15) is 0 Å². The van der Waals surface area contributed by atoms with Gasteiger partial charge in [-0.05, 0) is 18.2 Å². The van der Waals surface area contributed by atoms with Gasteiger partial charge in [-0.15, -0.1) is 0 Å². The minimum atomic E-state index is -0.235. The average Bonchev–Trinajstić information content (AvgIpc) is 2.79. The van der Waals surface area contributed by atoms with Gasteiger partial charge in [0.15, 0.2) is 5.13 Å². The highest BCUT2D eigenvalue weighted by molar-refractivity contribution is 7.22. The highest BCUT2D eigenvalue weighted by Crippen LogP contribution is 2.26. The standard InChI is InChI=1S/C12H13FN2O2S/c13-8-1-2-10-11(5-8)18-12(15-10)14-6-9-7-16-3-4-17-9/h1-2,5,9H,3-4,6-7H2,(H,14,15). The van der Waals surface area contributed by atoms with E-state index in [0.29, 0.717) is 26.4 Å². The van der Waals surface area contributed by atoms with Crippen molar-refractivity contribution in [2.45, 2.75) is 6.10 Å². The Balaban J connectivity index is 1.67. The molecule has 1 unspecified atom stereocenters. The maximum atomic E-state index is 13.0. The number of nitrogens with one attached hydrogen (secondary N) is 1. The molecule has 3 rings (SSSR count). The van der Waals surface area contributed by atoms with Crippen molar-refractivity contribution in [1.82, 2.24) is 4.98 Å². The number of aromatic nitrogens is 1. The highest BCUT2D eigenvalue weighted by Gasteiger charge is 2.14. The van der Waals surface area contributed by atoms with Crippen molar-refractivity contribution >= 4 is 26.7 Å². The van der Waals surface area contributed by atoms with E-state index in [1.807, 2.05) is 0 Å². The maximum Gasteiger partial charge on any atom is 0.183 e. The first-order chi connectivity index (χ1) is 8.81. The molecule has 18 heavy (non-hydrogen) atoms. The molecule has 1 saturated heterocycles. The summed E-state index contributed by atoms with van der Waals surface area (Å²) in [5.74, 6) is -0.235. The van der Waals surface area contributed by atoms with Gasteiger partial charge in [0, 0.05) is 6.54 Å². The van der Waals surface area contributed by atoms with Crippen LogP contribution in [0.2, 0.25) is 0 Å². The monoisotopic (exact) mass is 268 g/mol. The predicted molar refractivity (Wildman–Crippen MR) is 68.6 cm³/mol. The van der Waals surface area contributed by atoms with Crippen molar-refractivity contribution in [3.63, 3.8) is 0 Å². The molecular weight excluding hydrogens is 255 g/mol. The number of thiazole rings is 1. The lowest BCUT2D eigenvalue weighted by atomic mass is 10.3. The van der Waals surface area contributed by atoms with Crippen molar-refractivity contribution in [2.24, 2.45) is 0 Å². The Morgan fingerprint density at radius 1 is 1.44 bits per heavy atom. The fourth-order valence-electron chi connectivity index (χ4n) is 1.83. The third-order valence-corrected chi connectivity index (χ3v) is 3.69. The van der Waals surface area contributed by atoms with Crippen LogP contribution in [0.5, 0.6) is 0 Å². The van der Waals surface area contributed by atoms with E-state index < -0.39 is 0 Å². The second kappa shape index (κ2) is 5.17. The van der Waals surface area contributed by atoms with Crippen LogP contribution in [-0.2, 0) is 9.47 Å². The fourth-order valence-corrected chi connectivity index (χ4v) is 2.73. The lowest BCUT2D eigenvalue weighted by Crippen LogP contribution is -2.34. The molecule has 0 spiro atoms. The minimum absolute atomic E-state index is 0.0579. The lowest BCUT2D eigenvalue weighted by molar-refractivity contribution is -0.0818. The fraction of sp³-hybridized carbons (Fsp3) is 0.417. The molecule has 0 amide bonds. The molecule has 0 radical (unpaired) electrons. The molecule has 0 bridgehead atoms. The molecule has 6 heteroatoms. The van der Waals surface area contributed by atoms with Crippen LogP contribution >= 0.6 is 11.3 Å². The predicted octanol–water partition coefficient (Wildman–Crippen LogP) is 2.26. The van der Waals surface area contributed by atoms with Crippen LogP contribution in [0.15, 0.2) is 18.2 Å². The van der Waals surface area contributed by atoms with Crippen LogP contribution in [-0.4, -0.2) is 37.5 Å². The Morgan fingerprint density at radius 3 is 3.22 bits per heavy atom. The van der Waals surface area contributed by atoms with Crippen LogP contribution in [0.25, 0.3) is 10.2 Å². The van der Waals surface area contributed by atoms with Crippen LogP contribution < -0.4 is 5.32 Å². The van der Waals surface area contributed by atoms with Gasteiger partial charge in [0.25, 0.3) is 0 Å². The molecule has 1 aromatic heterocycles. The second-order valence-electron chi connectivity index (χ2n) is 4.08. The van der Waals surface area contributed by atoms with Gasteiger partial charge in [-0.25, -0.2) is 9.37 Å². The Hall–Kier alpha value is -1.24. The molecule has 0 aliphatic carbocycles. The van der Waals surface area contributed by atoms with Gasteiger partial charge in [-0.2, -0.15) is 0 Å². The van der Waals surface area contributed by atoms with Crippen molar-refractivity contribution in [2.75, 3.05) is 31.7 Å². The highest BCUT2D eigenvalue weighted by atomic mass is 32.1. The largest absolute Gasteiger partial charge is 0.376 e. The molecule has 1 atom stereocenters. The zero-order chi connectivity index (χ0) is 12.4. The number of halogens is 1. The number of anilines is 1. The molecule has 1 N–H and O–H groups in total. The summed E-state index contributed by atoms with van der Waals surface area (Å²) in [6.45, 7) is 2.56. The molecule has 96 valence electrons. The Bertz CT molecular complexity index is 540. The summed E-state index contributed by atoms with van der Waals surface area (Å²) in [5.41, 5.74) is 0.810. The van der Waals surface area contributed by atoms with Gasteiger partial charge in [0.05, 0.1) is 36.1 Å². The first-order valence-electron chi connectivity index (χ1n) is 5.80. The molecule has 1 aromatic carbocycles. The van der Waals surface area contributed by atoms with E-state index in [4.69, 9.17) is 9.47 Å². The molecule has 1 aliphatic heterocycles. The van der Waals surface area contributed by atoms with Crippen molar-refractivity contribution < 1.29 is 13.9 Å². The summed E-state index contributed by atoms with van der Waals surface area (Å²) < 4.78 is 24.7. The van der Waals surface area contributed by atoms with E-state index in [-0.39, 0.29) is 11.9 Å². The Morgan fingerprint density at radius 2 is 2.39 bits per heavy atom. The normalized spacial score (nSPS) is 20.2. The summed E-state index contributed by atoms with van der Waals surface area (Å²) in [6.07, 6.45) is 0.0579. The quantitative estimate of drug-likeness (QED) is 0.927. The van der Waals surface area contributed by atoms with Crippen LogP contribution in [0.4, 0.5) is 9.52 Å². The Kier molecular flexibility index (Phi) is 3.40. The average molecular weight is 268 g/mol. The van der Waals surface area contributed by atoms with Gasteiger partial charge in [0.2, 0.25) is 0 Å². The van der Waals surface area contributed by atoms with Crippen molar-refractivity contribution in [3.05, 3.63) is 24.0 Å². The van der Waals surface area contributed by atoms with Crippen molar-refractivity contribution in [1.29, 1.82) is 0 Å². The number of hydrogen-bond donors (Lipinski definition) is 1. The van der Waals surface area contributed by atoms with E-state index in [9.17, 15) is 4.39 Å². The summed E-state index contributed by atoms with van der Waals surface area (Å²) in [5, 5.41) is 3.99. The molecule has 0 saturated carbocycles.